The van der Waals surface area contributed by atoms with E-state index in [1.165, 1.54) is 38.5 Å². The van der Waals surface area contributed by atoms with E-state index in [1.807, 2.05) is 0 Å². The largest absolute Gasteiger partial charge is 0.369 e. The Morgan fingerprint density at radius 2 is 0.362 bits per heavy atom. The molecule has 22 heteroatoms. The number of hydrogen-bond acceptors (Lipinski definition) is 0. The van der Waals surface area contributed by atoms with Gasteiger partial charge in [0.2, 0.25) is 0 Å². The first-order valence-corrected chi connectivity index (χ1v) is 16.9. The maximum Gasteiger partial charge on any atom is 0.200 e. The van der Waals surface area contributed by atoms with Crippen LogP contribution in [-0.2, 0) is 0 Å². The maximum absolute atomic E-state index is 15.4. The maximum atomic E-state index is 15.4. The molecule has 0 spiro atoms. The molecule has 4 aromatic rings. The van der Waals surface area contributed by atoms with E-state index >= 15 is 35.1 Å². The Balaban J connectivity index is 0.000000485. The van der Waals surface area contributed by atoms with Crippen LogP contribution in [0.1, 0.15) is 64.2 Å². The summed E-state index contributed by atoms with van der Waals surface area (Å²) in [6, 6.07) is 0. The van der Waals surface area contributed by atoms with Crippen LogP contribution in [0.5, 0.6) is 0 Å². The quantitative estimate of drug-likeness (QED) is 0.0899. The normalized spacial score (nSPS) is 15.3. The third-order valence-corrected chi connectivity index (χ3v) is 10.7. The van der Waals surface area contributed by atoms with E-state index in [2.05, 4.69) is 0 Å². The molecule has 0 atom stereocenters. The second-order valence-corrected chi connectivity index (χ2v) is 13.6. The van der Waals surface area contributed by atoms with E-state index in [4.69, 9.17) is 0 Å². The van der Waals surface area contributed by atoms with E-state index in [0.29, 0.717) is 0 Å². The van der Waals surface area contributed by atoms with Gasteiger partial charge >= 0.3 is 0 Å². The molecular formula is C36H26BF20N. The van der Waals surface area contributed by atoms with Crippen molar-refractivity contribution in [3.63, 3.8) is 0 Å². The fourth-order valence-corrected chi connectivity index (χ4v) is 8.09. The first-order chi connectivity index (χ1) is 26.7. The summed E-state index contributed by atoms with van der Waals surface area (Å²) in [7, 11) is 0. The van der Waals surface area contributed by atoms with Gasteiger partial charge < -0.3 is 6.15 Å². The highest BCUT2D eigenvalue weighted by Crippen LogP contribution is 2.38. The summed E-state index contributed by atoms with van der Waals surface area (Å²) < 4.78 is 294. The van der Waals surface area contributed by atoms with Crippen LogP contribution in [0.15, 0.2) is 0 Å². The highest BCUT2D eigenvalue weighted by molar-refractivity contribution is 7.20. The molecule has 0 heterocycles. The summed E-state index contributed by atoms with van der Waals surface area (Å²) in [4.78, 5) is 0. The SMILES string of the molecule is C1CCC(C2CCCCC2)CC1.Fc1c(F)c(F)c([B-](c2c(F)c(F)c(F)c(F)c2F)(c2c(F)c(F)c(F)c(F)c2F)c2c(F)c(F)c(F)c(F)c2F)c(F)c1F.[NH4+]. The molecule has 0 unspecified atom stereocenters. The van der Waals surface area contributed by atoms with Gasteiger partial charge in [0.15, 0.2) is 69.8 Å². The van der Waals surface area contributed by atoms with Crippen molar-refractivity contribution in [2.45, 2.75) is 64.2 Å². The van der Waals surface area contributed by atoms with E-state index in [0.717, 1.165) is 11.8 Å². The van der Waals surface area contributed by atoms with Gasteiger partial charge in [0.25, 0.3) is 0 Å². The molecule has 58 heavy (non-hydrogen) atoms. The van der Waals surface area contributed by atoms with Crippen LogP contribution in [0.3, 0.4) is 0 Å². The Bertz CT molecular complexity index is 1830. The van der Waals surface area contributed by atoms with Gasteiger partial charge in [-0.3, -0.25) is 0 Å². The van der Waals surface area contributed by atoms with E-state index in [-0.39, 0.29) is 6.15 Å². The van der Waals surface area contributed by atoms with Crippen molar-refractivity contribution < 1.29 is 87.8 Å². The van der Waals surface area contributed by atoms with Gasteiger partial charge in [-0.2, -0.15) is 0 Å². The average molecular weight is 863 g/mol. The monoisotopic (exact) mass is 863 g/mol. The molecular weight excluding hydrogens is 837 g/mol. The molecule has 0 aromatic heterocycles. The molecule has 318 valence electrons. The zero-order valence-corrected chi connectivity index (χ0v) is 29.4. The first kappa shape index (κ1) is 46.2. The topological polar surface area (TPSA) is 36.5 Å². The minimum absolute atomic E-state index is 0. The van der Waals surface area contributed by atoms with Crippen molar-refractivity contribution in [1.82, 2.24) is 6.15 Å². The fraction of sp³-hybridized carbons (Fsp3) is 0.333. The molecule has 0 aliphatic heterocycles. The van der Waals surface area contributed by atoms with Crippen molar-refractivity contribution >= 4 is 28.0 Å². The highest BCUT2D eigenvalue weighted by Gasteiger charge is 2.52. The minimum Gasteiger partial charge on any atom is -0.369 e. The predicted octanol–water partition coefficient (Wildman–Crippen LogP) is 10.4. The molecule has 6 rings (SSSR count). The van der Waals surface area contributed by atoms with Gasteiger partial charge in [0, 0.05) is 0 Å². The fourth-order valence-electron chi connectivity index (χ4n) is 8.09. The van der Waals surface area contributed by atoms with Crippen LogP contribution in [0.2, 0.25) is 0 Å². The number of halogens is 20. The lowest BCUT2D eigenvalue weighted by molar-refractivity contribution is 0.196. The van der Waals surface area contributed by atoms with Crippen molar-refractivity contribution in [2.75, 3.05) is 0 Å². The molecule has 2 aliphatic rings. The lowest BCUT2D eigenvalue weighted by Crippen LogP contribution is -2.81. The molecule has 2 fully saturated rings. The summed E-state index contributed by atoms with van der Waals surface area (Å²) in [5, 5.41) is 0. The third-order valence-electron chi connectivity index (χ3n) is 10.7. The predicted molar refractivity (Wildman–Crippen MR) is 168 cm³/mol. The standard InChI is InChI=1S/C24BF20.C12H22.H3N/c26-5-1(6(27)14(35)21(42)13(5)34)25(2-7(28)15(36)22(43)16(37)8(2)29,3-9(30)17(38)23(44)18(39)10(3)31)4-11(32)19(40)24(45)20(41)12(4)33;1-3-7-11(8-4-1)12-9-5-2-6-10-12;/h;11-12H,1-10H2;1H3/q-1;;/p+1. The first-order valence-electron chi connectivity index (χ1n) is 16.9. The van der Waals surface area contributed by atoms with Gasteiger partial charge in [-0.05, 0) is 11.8 Å². The van der Waals surface area contributed by atoms with E-state index in [9.17, 15) is 52.7 Å². The lowest BCUT2D eigenvalue weighted by Gasteiger charge is -2.44. The van der Waals surface area contributed by atoms with Crippen LogP contribution in [-0.4, -0.2) is 6.15 Å². The zero-order valence-electron chi connectivity index (χ0n) is 29.4. The van der Waals surface area contributed by atoms with Gasteiger partial charge in [-0.1, -0.05) is 64.2 Å². The molecule has 4 aromatic carbocycles. The van der Waals surface area contributed by atoms with E-state index < -0.39 is 144 Å². The Kier molecular flexibility index (Phi) is 13.8. The number of hydrogen-bond donors (Lipinski definition) is 1. The summed E-state index contributed by atoms with van der Waals surface area (Å²) in [5.74, 6) is -69.1. The average Bonchev–Trinajstić information content (AvgIpc) is 3.21. The molecule has 0 saturated heterocycles. The van der Waals surface area contributed by atoms with Crippen molar-refractivity contribution in [1.29, 1.82) is 0 Å². The summed E-state index contributed by atoms with van der Waals surface area (Å²) in [6.45, 7) is 0. The third kappa shape index (κ3) is 7.15. The minimum atomic E-state index is -7.22. The summed E-state index contributed by atoms with van der Waals surface area (Å²) >= 11 is 0. The Labute approximate surface area is 314 Å². The van der Waals surface area contributed by atoms with Gasteiger partial charge in [0.1, 0.15) is 52.7 Å². The second-order valence-electron chi connectivity index (χ2n) is 13.6. The Morgan fingerprint density at radius 1 is 0.224 bits per heavy atom. The van der Waals surface area contributed by atoms with Crippen LogP contribution in [0, 0.1) is 128 Å². The van der Waals surface area contributed by atoms with Crippen molar-refractivity contribution in [2.24, 2.45) is 11.8 Å². The summed E-state index contributed by atoms with van der Waals surface area (Å²) in [5.41, 5.74) is -14.3. The second kappa shape index (κ2) is 17.4. The van der Waals surface area contributed by atoms with E-state index in [1.54, 1.807) is 25.7 Å². The number of benzene rings is 4. The van der Waals surface area contributed by atoms with Crippen LogP contribution >= 0.6 is 0 Å². The van der Waals surface area contributed by atoms with Crippen molar-refractivity contribution in [3.05, 3.63) is 116 Å². The van der Waals surface area contributed by atoms with Crippen LogP contribution < -0.4 is 28.0 Å². The van der Waals surface area contributed by atoms with Gasteiger partial charge in [-0.25, -0.2) is 87.8 Å². The van der Waals surface area contributed by atoms with Crippen LogP contribution in [0.25, 0.3) is 0 Å². The number of rotatable bonds is 5. The van der Waals surface area contributed by atoms with Crippen molar-refractivity contribution in [3.8, 4) is 0 Å². The molecule has 0 amide bonds. The molecule has 2 aliphatic carbocycles. The molecule has 4 N–H and O–H groups in total. The smallest absolute Gasteiger partial charge is 0.200 e. The molecule has 0 radical (unpaired) electrons. The Hall–Kier alpha value is -4.50. The molecule has 1 nitrogen and oxygen atoms in total. The molecule has 0 bridgehead atoms. The van der Waals surface area contributed by atoms with Gasteiger partial charge in [-0.15, -0.1) is 21.9 Å². The van der Waals surface area contributed by atoms with Crippen LogP contribution in [0.4, 0.5) is 87.8 Å². The Morgan fingerprint density at radius 3 is 0.517 bits per heavy atom. The summed E-state index contributed by atoms with van der Waals surface area (Å²) in [6.07, 6.45) is 8.17. The highest BCUT2D eigenvalue weighted by atomic mass is 19.2. The zero-order chi connectivity index (χ0) is 42.6. The van der Waals surface area contributed by atoms with Gasteiger partial charge in [0.05, 0.1) is 0 Å². The molecule has 2 saturated carbocycles. The number of quaternary nitrogens is 1. The lowest BCUT2D eigenvalue weighted by atomic mass is 9.12.